The normalized spacial score (nSPS) is 13.4. The van der Waals surface area contributed by atoms with Crippen LogP contribution in [0.25, 0.3) is 0 Å². The van der Waals surface area contributed by atoms with E-state index in [4.69, 9.17) is 14.6 Å². The number of nitrogens with zero attached hydrogens (tertiary/aromatic N) is 1. The van der Waals surface area contributed by atoms with E-state index in [-0.39, 0.29) is 0 Å². The Labute approximate surface area is 86.8 Å². The summed E-state index contributed by atoms with van der Waals surface area (Å²) in [5, 5.41) is 8.79. The monoisotopic (exact) mass is 209 g/mol. The number of amides is 1. The molecule has 5 heteroatoms. The SMILES string of the molecule is CN(C(=O)O)c1ccc2c(c1)OCCO2. The highest BCUT2D eigenvalue weighted by Crippen LogP contribution is 2.33. The lowest BCUT2D eigenvalue weighted by Gasteiger charge is -2.20. The van der Waals surface area contributed by atoms with E-state index in [0.717, 1.165) is 4.90 Å². The Morgan fingerprint density at radius 3 is 2.67 bits per heavy atom. The number of ether oxygens (including phenoxy) is 2. The Balaban J connectivity index is 2.31. The zero-order valence-electron chi connectivity index (χ0n) is 8.27. The smallest absolute Gasteiger partial charge is 0.411 e. The lowest BCUT2D eigenvalue weighted by Crippen LogP contribution is -2.24. The molecule has 1 heterocycles. The summed E-state index contributed by atoms with van der Waals surface area (Å²) in [6.07, 6.45) is -1.01. The minimum atomic E-state index is -1.01. The Bertz CT molecular complexity index is 391. The van der Waals surface area contributed by atoms with Crippen LogP contribution in [-0.2, 0) is 0 Å². The first kappa shape index (κ1) is 9.64. The van der Waals surface area contributed by atoms with Crippen LogP contribution < -0.4 is 14.4 Å². The molecule has 0 spiro atoms. The maximum Gasteiger partial charge on any atom is 0.411 e. The number of fused-ring (bicyclic) bond motifs is 1. The van der Waals surface area contributed by atoms with Gasteiger partial charge in [0.05, 0.1) is 5.69 Å². The van der Waals surface area contributed by atoms with E-state index in [0.29, 0.717) is 30.4 Å². The van der Waals surface area contributed by atoms with Crippen LogP contribution in [0.15, 0.2) is 18.2 Å². The number of carboxylic acid groups (broad SMARTS) is 1. The summed E-state index contributed by atoms with van der Waals surface area (Å²) in [6.45, 7) is 1.02. The summed E-state index contributed by atoms with van der Waals surface area (Å²) in [5.41, 5.74) is 0.562. The molecule has 0 unspecified atom stereocenters. The van der Waals surface area contributed by atoms with E-state index in [9.17, 15) is 4.79 Å². The zero-order valence-corrected chi connectivity index (χ0v) is 8.27. The first-order valence-corrected chi connectivity index (χ1v) is 4.55. The van der Waals surface area contributed by atoms with E-state index in [1.165, 1.54) is 7.05 Å². The van der Waals surface area contributed by atoms with Crippen LogP contribution in [0.1, 0.15) is 0 Å². The number of hydrogen-bond donors (Lipinski definition) is 1. The summed E-state index contributed by atoms with van der Waals surface area (Å²) in [4.78, 5) is 11.8. The topological polar surface area (TPSA) is 59.0 Å². The lowest BCUT2D eigenvalue weighted by molar-refractivity contribution is 0.171. The van der Waals surface area contributed by atoms with Crippen LogP contribution in [0.3, 0.4) is 0 Å². The van der Waals surface area contributed by atoms with Crippen molar-refractivity contribution in [2.24, 2.45) is 0 Å². The quantitative estimate of drug-likeness (QED) is 0.762. The van der Waals surface area contributed by atoms with Crippen molar-refractivity contribution in [2.45, 2.75) is 0 Å². The Morgan fingerprint density at radius 2 is 2.00 bits per heavy atom. The molecule has 1 N–H and O–H groups in total. The second-order valence-corrected chi connectivity index (χ2v) is 3.17. The number of benzene rings is 1. The molecule has 0 atom stereocenters. The van der Waals surface area contributed by atoms with E-state index in [1.807, 2.05) is 0 Å². The van der Waals surface area contributed by atoms with E-state index < -0.39 is 6.09 Å². The van der Waals surface area contributed by atoms with Gasteiger partial charge in [-0.1, -0.05) is 0 Å². The number of anilines is 1. The maximum absolute atomic E-state index is 10.7. The van der Waals surface area contributed by atoms with Gasteiger partial charge in [-0.05, 0) is 12.1 Å². The molecule has 1 aromatic rings. The Hall–Kier alpha value is -1.91. The molecular formula is C10H11NO4. The molecule has 1 amide bonds. The fourth-order valence-electron chi connectivity index (χ4n) is 1.35. The standard InChI is InChI=1S/C10H11NO4/c1-11(10(12)13)7-2-3-8-9(6-7)15-5-4-14-8/h2-3,6H,4-5H2,1H3,(H,12,13). The fourth-order valence-corrected chi connectivity index (χ4v) is 1.35. The Morgan fingerprint density at radius 1 is 1.33 bits per heavy atom. The second-order valence-electron chi connectivity index (χ2n) is 3.17. The molecule has 1 aliphatic heterocycles. The van der Waals surface area contributed by atoms with Gasteiger partial charge >= 0.3 is 6.09 Å². The van der Waals surface area contributed by atoms with Crippen molar-refractivity contribution in [3.8, 4) is 11.5 Å². The lowest BCUT2D eigenvalue weighted by atomic mass is 10.2. The third kappa shape index (κ3) is 1.81. The molecule has 0 fully saturated rings. The van der Waals surface area contributed by atoms with Gasteiger partial charge in [-0.25, -0.2) is 4.79 Å². The molecule has 15 heavy (non-hydrogen) atoms. The van der Waals surface area contributed by atoms with Gasteiger partial charge in [-0.2, -0.15) is 0 Å². The zero-order chi connectivity index (χ0) is 10.8. The largest absolute Gasteiger partial charge is 0.486 e. The van der Waals surface area contributed by atoms with Crippen molar-refractivity contribution in [1.29, 1.82) is 0 Å². The van der Waals surface area contributed by atoms with Crippen LogP contribution in [0.2, 0.25) is 0 Å². The van der Waals surface area contributed by atoms with Crippen LogP contribution in [0, 0.1) is 0 Å². The second kappa shape index (κ2) is 3.68. The summed E-state index contributed by atoms with van der Waals surface area (Å²) in [7, 11) is 1.48. The molecule has 0 saturated heterocycles. The minimum Gasteiger partial charge on any atom is -0.486 e. The van der Waals surface area contributed by atoms with Gasteiger partial charge in [0.25, 0.3) is 0 Å². The van der Waals surface area contributed by atoms with Crippen LogP contribution in [0.4, 0.5) is 10.5 Å². The van der Waals surface area contributed by atoms with Crippen molar-refractivity contribution in [3.05, 3.63) is 18.2 Å². The highest BCUT2D eigenvalue weighted by molar-refractivity contribution is 5.85. The number of rotatable bonds is 1. The third-order valence-corrected chi connectivity index (χ3v) is 2.20. The first-order chi connectivity index (χ1) is 7.18. The Kier molecular flexibility index (Phi) is 2.37. The van der Waals surface area contributed by atoms with Gasteiger partial charge in [0.2, 0.25) is 0 Å². The maximum atomic E-state index is 10.7. The number of carbonyl (C=O) groups is 1. The fraction of sp³-hybridized carbons (Fsp3) is 0.300. The van der Waals surface area contributed by atoms with Crippen molar-refractivity contribution >= 4 is 11.8 Å². The molecule has 0 aliphatic carbocycles. The molecule has 5 nitrogen and oxygen atoms in total. The molecule has 2 rings (SSSR count). The molecule has 0 saturated carbocycles. The average Bonchev–Trinajstić information content (AvgIpc) is 2.27. The van der Waals surface area contributed by atoms with Gasteiger partial charge in [0.15, 0.2) is 11.5 Å². The van der Waals surface area contributed by atoms with Crippen molar-refractivity contribution in [1.82, 2.24) is 0 Å². The van der Waals surface area contributed by atoms with Gasteiger partial charge in [-0.3, -0.25) is 4.90 Å². The van der Waals surface area contributed by atoms with Crippen LogP contribution in [0.5, 0.6) is 11.5 Å². The summed E-state index contributed by atoms with van der Waals surface area (Å²) in [6, 6.07) is 5.05. The van der Waals surface area contributed by atoms with Crippen molar-refractivity contribution < 1.29 is 19.4 Å². The highest BCUT2D eigenvalue weighted by Gasteiger charge is 2.15. The van der Waals surface area contributed by atoms with E-state index >= 15 is 0 Å². The van der Waals surface area contributed by atoms with E-state index in [2.05, 4.69) is 0 Å². The molecule has 0 bridgehead atoms. The summed E-state index contributed by atoms with van der Waals surface area (Å²) < 4.78 is 10.7. The number of hydrogen-bond acceptors (Lipinski definition) is 3. The van der Waals surface area contributed by atoms with Crippen LogP contribution >= 0.6 is 0 Å². The minimum absolute atomic E-state index is 0.493. The summed E-state index contributed by atoms with van der Waals surface area (Å²) >= 11 is 0. The molecular weight excluding hydrogens is 198 g/mol. The summed E-state index contributed by atoms with van der Waals surface area (Å²) in [5.74, 6) is 1.25. The highest BCUT2D eigenvalue weighted by atomic mass is 16.6. The van der Waals surface area contributed by atoms with Crippen LogP contribution in [-0.4, -0.2) is 31.5 Å². The molecule has 1 aromatic carbocycles. The third-order valence-electron chi connectivity index (χ3n) is 2.20. The van der Waals surface area contributed by atoms with Gasteiger partial charge < -0.3 is 14.6 Å². The van der Waals surface area contributed by atoms with Crippen molar-refractivity contribution in [3.63, 3.8) is 0 Å². The first-order valence-electron chi connectivity index (χ1n) is 4.55. The van der Waals surface area contributed by atoms with E-state index in [1.54, 1.807) is 18.2 Å². The molecule has 0 aromatic heterocycles. The van der Waals surface area contributed by atoms with Gasteiger partial charge in [-0.15, -0.1) is 0 Å². The molecule has 0 radical (unpaired) electrons. The predicted octanol–water partition coefficient (Wildman–Crippen LogP) is 1.57. The van der Waals surface area contributed by atoms with Gasteiger partial charge in [0.1, 0.15) is 13.2 Å². The van der Waals surface area contributed by atoms with Gasteiger partial charge in [0, 0.05) is 13.1 Å². The van der Waals surface area contributed by atoms with Crippen molar-refractivity contribution in [2.75, 3.05) is 25.2 Å². The molecule has 80 valence electrons. The average molecular weight is 209 g/mol. The molecule has 1 aliphatic rings. The predicted molar refractivity (Wildman–Crippen MR) is 53.9 cm³/mol.